The molecule has 5 heteroatoms. The lowest BCUT2D eigenvalue weighted by Gasteiger charge is -2.92. The van der Waals surface area contributed by atoms with Gasteiger partial charge in [-0.15, -0.1) is 0 Å². The Balaban J connectivity index is 1.05. The molecule has 0 saturated heterocycles. The van der Waals surface area contributed by atoms with Crippen LogP contribution in [0.5, 0.6) is 0 Å². The van der Waals surface area contributed by atoms with Crippen LogP contribution in [0.4, 0.5) is 17.2 Å². The topological polar surface area (TPSA) is 55.3 Å². The molecule has 228 valence electrons. The summed E-state index contributed by atoms with van der Waals surface area (Å²) in [5.74, 6) is 4.26. The Morgan fingerprint density at radius 1 is 0.583 bits per heavy atom. The van der Waals surface area contributed by atoms with Gasteiger partial charge in [0.1, 0.15) is 17.0 Å². The highest BCUT2D eigenvalue weighted by molar-refractivity contribution is 6.06. The first-order chi connectivity index (χ1) is 23.7. The van der Waals surface area contributed by atoms with Crippen LogP contribution in [-0.2, 0) is 5.41 Å². The van der Waals surface area contributed by atoms with E-state index in [4.69, 9.17) is 18.8 Å². The minimum absolute atomic E-state index is 0.125. The Bertz CT molecular complexity index is 2710. The first-order valence-electron chi connectivity index (χ1n) is 17.3. The zero-order valence-corrected chi connectivity index (χ0v) is 26.1. The fraction of sp³-hybridized carbons (Fsp3) is 0.209. The molecule has 2 spiro atoms. The Morgan fingerprint density at radius 2 is 1.29 bits per heavy atom. The van der Waals surface area contributed by atoms with Crippen LogP contribution >= 0.6 is 0 Å². The van der Waals surface area contributed by atoms with E-state index < -0.39 is 0 Å². The summed E-state index contributed by atoms with van der Waals surface area (Å²) in [7, 11) is 0. The van der Waals surface area contributed by atoms with Crippen molar-refractivity contribution in [3.63, 3.8) is 0 Å². The van der Waals surface area contributed by atoms with Crippen LogP contribution < -0.4 is 4.90 Å². The standard InChI is InChI=1S/C43H29N3O2/c1-4-10-33-27(7-1)28-14-13-25(21-34(28)43(33)37-18-23-17-24-19-38(43)42(23,24)37)46(26-20-32-30-9-3-6-12-36(30)47-40(32)44-22-26)39-16-15-31-29-8-2-5-11-35(29)48-41(31)45-39/h1-16,20-24,37-38H,17-19H2. The van der Waals surface area contributed by atoms with Gasteiger partial charge in [-0.3, -0.25) is 4.90 Å². The smallest absolute Gasteiger partial charge is 0.229 e. The van der Waals surface area contributed by atoms with Crippen molar-refractivity contribution in [2.45, 2.75) is 24.7 Å². The summed E-state index contributed by atoms with van der Waals surface area (Å²) < 4.78 is 12.5. The van der Waals surface area contributed by atoms with Crippen LogP contribution in [0.2, 0.25) is 0 Å². The van der Waals surface area contributed by atoms with Crippen LogP contribution in [0, 0.1) is 29.1 Å². The molecule has 5 nitrogen and oxygen atoms in total. The lowest BCUT2D eigenvalue weighted by molar-refractivity contribution is -0.412. The summed E-state index contributed by atoms with van der Waals surface area (Å²) in [6.45, 7) is 0. The van der Waals surface area contributed by atoms with E-state index in [1.807, 2.05) is 30.5 Å². The predicted octanol–water partition coefficient (Wildman–Crippen LogP) is 10.7. The number of fused-ring (bicyclic) bond motifs is 13. The number of pyridine rings is 2. The van der Waals surface area contributed by atoms with Crippen LogP contribution in [0.25, 0.3) is 55.3 Å². The maximum Gasteiger partial charge on any atom is 0.229 e. The minimum Gasteiger partial charge on any atom is -0.438 e. The van der Waals surface area contributed by atoms with E-state index in [0.717, 1.165) is 73.6 Å². The number of para-hydroxylation sites is 2. The predicted molar refractivity (Wildman–Crippen MR) is 188 cm³/mol. The molecule has 4 saturated carbocycles. The average Bonchev–Trinajstić information content (AvgIpc) is 3.74. The molecule has 0 radical (unpaired) electrons. The molecule has 0 aliphatic heterocycles. The summed E-state index contributed by atoms with van der Waals surface area (Å²) in [6.07, 6.45) is 6.16. The van der Waals surface area contributed by atoms with Crippen molar-refractivity contribution in [3.05, 3.63) is 127 Å². The molecule has 4 heterocycles. The Hall–Kier alpha value is -5.42. The highest BCUT2D eigenvalue weighted by Gasteiger charge is 2.90. The number of hydrogen-bond acceptors (Lipinski definition) is 5. The van der Waals surface area contributed by atoms with Gasteiger partial charge in [0.25, 0.3) is 0 Å². The van der Waals surface area contributed by atoms with E-state index in [1.165, 1.54) is 36.0 Å². The van der Waals surface area contributed by atoms with E-state index in [-0.39, 0.29) is 5.41 Å². The number of furan rings is 2. The number of benzene rings is 4. The molecule has 4 aromatic heterocycles. The van der Waals surface area contributed by atoms with E-state index in [2.05, 4.69) is 89.8 Å². The van der Waals surface area contributed by atoms with E-state index in [1.54, 1.807) is 5.56 Å². The SMILES string of the molecule is c1ccc2c(c1)-c1ccc(N(c3cnc4oc5ccccc5c4c3)c3ccc4c(n3)oc3ccccc34)cc1C21C2CC3CC4CC1C342. The van der Waals surface area contributed by atoms with Crippen LogP contribution in [0.15, 0.2) is 124 Å². The monoisotopic (exact) mass is 619 g/mol. The third kappa shape index (κ3) is 2.53. The van der Waals surface area contributed by atoms with Gasteiger partial charge < -0.3 is 8.83 Å². The first kappa shape index (κ1) is 24.7. The molecule has 4 fully saturated rings. The lowest BCUT2D eigenvalue weighted by atomic mass is 9.11. The lowest BCUT2D eigenvalue weighted by Crippen LogP contribution is -2.88. The van der Waals surface area contributed by atoms with Gasteiger partial charge in [-0.2, -0.15) is 4.98 Å². The second-order valence-corrected chi connectivity index (χ2v) is 15.0. The fourth-order valence-corrected chi connectivity index (χ4v) is 11.9. The molecule has 8 aromatic rings. The molecular formula is C43H29N3O2. The van der Waals surface area contributed by atoms with E-state index >= 15 is 0 Å². The van der Waals surface area contributed by atoms with Crippen LogP contribution in [0.1, 0.15) is 30.4 Å². The molecule has 0 amide bonds. The van der Waals surface area contributed by atoms with Gasteiger partial charge in [0.05, 0.1) is 17.3 Å². The van der Waals surface area contributed by atoms with Crippen molar-refractivity contribution >= 4 is 61.3 Å². The Kier molecular flexibility index (Phi) is 4.11. The number of nitrogens with zero attached hydrogens (tertiary/aromatic N) is 3. The molecular weight excluding hydrogens is 590 g/mol. The van der Waals surface area contributed by atoms with Gasteiger partial charge in [0.15, 0.2) is 0 Å². The maximum absolute atomic E-state index is 6.32. The highest BCUT2D eigenvalue weighted by atomic mass is 16.3. The molecule has 4 atom stereocenters. The summed E-state index contributed by atoms with van der Waals surface area (Å²) in [4.78, 5) is 12.3. The number of rotatable bonds is 3. The first-order valence-corrected chi connectivity index (χ1v) is 17.3. The van der Waals surface area contributed by atoms with E-state index in [9.17, 15) is 0 Å². The molecule has 13 rings (SSSR count). The van der Waals surface area contributed by atoms with Crippen molar-refractivity contribution in [2.75, 3.05) is 4.90 Å². The Morgan fingerprint density at radius 3 is 2.10 bits per heavy atom. The second kappa shape index (κ2) is 7.99. The van der Waals surface area contributed by atoms with Crippen LogP contribution in [0.3, 0.4) is 0 Å². The van der Waals surface area contributed by atoms with Gasteiger partial charge in [-0.25, -0.2) is 4.98 Å². The highest BCUT2D eigenvalue weighted by Crippen LogP contribution is 2.94. The van der Waals surface area contributed by atoms with Crippen molar-refractivity contribution in [2.24, 2.45) is 29.1 Å². The third-order valence-electron chi connectivity index (χ3n) is 13.6. The Labute approximate surface area is 275 Å². The normalized spacial score (nSPS) is 28.3. The van der Waals surface area contributed by atoms with Gasteiger partial charge in [-0.1, -0.05) is 66.7 Å². The zero-order valence-electron chi connectivity index (χ0n) is 26.1. The zero-order chi connectivity index (χ0) is 30.9. The quantitative estimate of drug-likeness (QED) is 0.197. The molecule has 4 aromatic carbocycles. The molecule has 0 N–H and O–H groups in total. The van der Waals surface area contributed by atoms with Crippen LogP contribution in [-0.4, -0.2) is 9.97 Å². The molecule has 5 aliphatic carbocycles. The second-order valence-electron chi connectivity index (χ2n) is 15.0. The number of aromatic nitrogens is 2. The largest absolute Gasteiger partial charge is 0.438 e. The number of anilines is 3. The molecule has 0 bridgehead atoms. The molecule has 48 heavy (non-hydrogen) atoms. The number of hydrogen-bond donors (Lipinski definition) is 0. The fourth-order valence-electron chi connectivity index (χ4n) is 11.9. The summed E-state index contributed by atoms with van der Waals surface area (Å²) in [5, 5.41) is 4.15. The molecule has 5 aliphatic rings. The van der Waals surface area contributed by atoms with Gasteiger partial charge >= 0.3 is 0 Å². The minimum atomic E-state index is 0.125. The van der Waals surface area contributed by atoms with Crippen molar-refractivity contribution in [1.82, 2.24) is 9.97 Å². The van der Waals surface area contributed by atoms with Crippen molar-refractivity contribution in [3.8, 4) is 11.1 Å². The summed E-state index contributed by atoms with van der Waals surface area (Å²) in [5.41, 5.74) is 11.7. The van der Waals surface area contributed by atoms with Gasteiger partial charge in [0.2, 0.25) is 11.4 Å². The summed E-state index contributed by atoms with van der Waals surface area (Å²) in [6, 6.07) is 39.3. The maximum atomic E-state index is 6.32. The molecule has 4 unspecified atom stereocenters. The van der Waals surface area contributed by atoms with Crippen molar-refractivity contribution < 1.29 is 8.83 Å². The third-order valence-corrected chi connectivity index (χ3v) is 13.6. The van der Waals surface area contributed by atoms with Gasteiger partial charge in [0, 0.05) is 27.3 Å². The van der Waals surface area contributed by atoms with Gasteiger partial charge in [-0.05, 0) is 113 Å². The average molecular weight is 620 g/mol. The summed E-state index contributed by atoms with van der Waals surface area (Å²) >= 11 is 0. The van der Waals surface area contributed by atoms with E-state index in [0.29, 0.717) is 16.8 Å². The van der Waals surface area contributed by atoms with Crippen molar-refractivity contribution in [1.29, 1.82) is 0 Å².